The second kappa shape index (κ2) is 4.00. The zero-order valence-electron chi connectivity index (χ0n) is 8.60. The molecule has 0 unspecified atom stereocenters. The molecule has 0 radical (unpaired) electrons. The van der Waals surface area contributed by atoms with E-state index in [1.54, 1.807) is 18.0 Å². The fourth-order valence-corrected chi connectivity index (χ4v) is 1.21. The molecule has 2 N–H and O–H groups in total. The van der Waals surface area contributed by atoms with Crippen molar-refractivity contribution < 1.29 is 13.2 Å². The summed E-state index contributed by atoms with van der Waals surface area (Å²) in [6, 6.07) is 3.93. The summed E-state index contributed by atoms with van der Waals surface area (Å²) in [5.41, 5.74) is 4.77. The van der Waals surface area contributed by atoms with Gasteiger partial charge in [0.15, 0.2) is 0 Å². The standard InChI is InChI=1S/C10H13F3N2/c1-3-15(2)7-4-5-9(14)8(6-7)10(11,12)13/h4-6H,3,14H2,1-2H3. The first-order valence-electron chi connectivity index (χ1n) is 4.54. The van der Waals surface area contributed by atoms with Crippen molar-refractivity contribution in [2.24, 2.45) is 0 Å². The highest BCUT2D eigenvalue weighted by molar-refractivity contribution is 5.59. The summed E-state index contributed by atoms with van der Waals surface area (Å²) in [6.45, 7) is 2.50. The SMILES string of the molecule is CCN(C)c1ccc(N)c(C(F)(F)F)c1. The van der Waals surface area contributed by atoms with Gasteiger partial charge in [0.05, 0.1) is 5.56 Å². The molecule has 84 valence electrons. The Morgan fingerprint density at radius 3 is 2.40 bits per heavy atom. The zero-order valence-corrected chi connectivity index (χ0v) is 8.60. The molecular formula is C10H13F3N2. The van der Waals surface area contributed by atoms with Gasteiger partial charge < -0.3 is 10.6 Å². The number of nitrogens with zero attached hydrogens (tertiary/aromatic N) is 1. The van der Waals surface area contributed by atoms with Crippen LogP contribution in [0, 0.1) is 0 Å². The second-order valence-corrected chi connectivity index (χ2v) is 3.28. The first kappa shape index (κ1) is 11.7. The molecular weight excluding hydrogens is 205 g/mol. The van der Waals surface area contributed by atoms with Crippen LogP contribution in [0.5, 0.6) is 0 Å². The first-order chi connectivity index (χ1) is 6.86. The molecule has 0 spiro atoms. The number of hydrogen-bond donors (Lipinski definition) is 1. The summed E-state index contributed by atoms with van der Waals surface area (Å²) in [5, 5.41) is 0. The third-order valence-electron chi connectivity index (χ3n) is 2.26. The lowest BCUT2D eigenvalue weighted by molar-refractivity contribution is -0.136. The molecule has 0 bridgehead atoms. The van der Waals surface area contributed by atoms with Crippen LogP contribution >= 0.6 is 0 Å². The summed E-state index contributed by atoms with van der Waals surface area (Å²) in [5.74, 6) is 0. The zero-order chi connectivity index (χ0) is 11.6. The Balaban J connectivity index is 3.17. The van der Waals surface area contributed by atoms with E-state index in [0.717, 1.165) is 6.07 Å². The van der Waals surface area contributed by atoms with Crippen LogP contribution < -0.4 is 10.6 Å². The Morgan fingerprint density at radius 1 is 1.33 bits per heavy atom. The molecule has 2 nitrogen and oxygen atoms in total. The van der Waals surface area contributed by atoms with Crippen LogP contribution in [0.15, 0.2) is 18.2 Å². The number of anilines is 2. The lowest BCUT2D eigenvalue weighted by Gasteiger charge is -2.19. The molecule has 0 atom stereocenters. The van der Waals surface area contributed by atoms with Crippen molar-refractivity contribution in [3.05, 3.63) is 23.8 Å². The van der Waals surface area contributed by atoms with Gasteiger partial charge >= 0.3 is 6.18 Å². The third-order valence-corrected chi connectivity index (χ3v) is 2.26. The number of hydrogen-bond acceptors (Lipinski definition) is 2. The number of alkyl halides is 3. The number of nitrogens with two attached hydrogens (primary N) is 1. The highest BCUT2D eigenvalue weighted by Crippen LogP contribution is 2.35. The summed E-state index contributed by atoms with van der Waals surface area (Å²) >= 11 is 0. The lowest BCUT2D eigenvalue weighted by Crippen LogP contribution is -2.17. The Hall–Kier alpha value is -1.39. The summed E-state index contributed by atoms with van der Waals surface area (Å²) in [6.07, 6.45) is -4.39. The van der Waals surface area contributed by atoms with E-state index in [2.05, 4.69) is 0 Å². The van der Waals surface area contributed by atoms with Crippen molar-refractivity contribution in [3.63, 3.8) is 0 Å². The normalized spacial score (nSPS) is 11.5. The second-order valence-electron chi connectivity index (χ2n) is 3.28. The quantitative estimate of drug-likeness (QED) is 0.773. The Bertz CT molecular complexity index is 347. The smallest absolute Gasteiger partial charge is 0.398 e. The molecule has 0 heterocycles. The van der Waals surface area contributed by atoms with Gasteiger partial charge in [0, 0.05) is 25.0 Å². The molecule has 15 heavy (non-hydrogen) atoms. The highest BCUT2D eigenvalue weighted by Gasteiger charge is 2.33. The number of halogens is 3. The van der Waals surface area contributed by atoms with Crippen molar-refractivity contribution in [1.82, 2.24) is 0 Å². The van der Waals surface area contributed by atoms with E-state index in [1.165, 1.54) is 6.07 Å². The Labute approximate surface area is 86.5 Å². The molecule has 0 saturated carbocycles. The topological polar surface area (TPSA) is 29.3 Å². The van der Waals surface area contributed by atoms with Gasteiger partial charge in [0.25, 0.3) is 0 Å². The van der Waals surface area contributed by atoms with Gasteiger partial charge in [-0.05, 0) is 25.1 Å². The van der Waals surface area contributed by atoms with E-state index in [-0.39, 0.29) is 5.69 Å². The maximum Gasteiger partial charge on any atom is 0.418 e. The van der Waals surface area contributed by atoms with Gasteiger partial charge in [-0.15, -0.1) is 0 Å². The van der Waals surface area contributed by atoms with E-state index in [4.69, 9.17) is 5.73 Å². The highest BCUT2D eigenvalue weighted by atomic mass is 19.4. The van der Waals surface area contributed by atoms with Crippen LogP contribution in [-0.4, -0.2) is 13.6 Å². The molecule has 0 aliphatic rings. The van der Waals surface area contributed by atoms with Crippen molar-refractivity contribution in [3.8, 4) is 0 Å². The third kappa shape index (κ3) is 2.55. The number of benzene rings is 1. The minimum Gasteiger partial charge on any atom is -0.398 e. The summed E-state index contributed by atoms with van der Waals surface area (Å²) in [4.78, 5) is 1.72. The van der Waals surface area contributed by atoms with Crippen LogP contribution in [0.3, 0.4) is 0 Å². The maximum absolute atomic E-state index is 12.5. The van der Waals surface area contributed by atoms with Crippen LogP contribution in [0.1, 0.15) is 12.5 Å². The van der Waals surface area contributed by atoms with E-state index in [9.17, 15) is 13.2 Å². The Kier molecular flexibility index (Phi) is 3.12. The minimum absolute atomic E-state index is 0.240. The van der Waals surface area contributed by atoms with Crippen LogP contribution in [-0.2, 0) is 6.18 Å². The molecule has 0 amide bonds. The number of nitrogen functional groups attached to an aromatic ring is 1. The maximum atomic E-state index is 12.5. The molecule has 0 aliphatic heterocycles. The van der Waals surface area contributed by atoms with Gasteiger partial charge in [-0.1, -0.05) is 0 Å². The average Bonchev–Trinajstić information content (AvgIpc) is 2.15. The average molecular weight is 218 g/mol. The summed E-state index contributed by atoms with van der Waals surface area (Å²) in [7, 11) is 1.73. The molecule has 0 saturated heterocycles. The van der Waals surface area contributed by atoms with Crippen LogP contribution in [0.2, 0.25) is 0 Å². The van der Waals surface area contributed by atoms with Gasteiger partial charge in [0.2, 0.25) is 0 Å². The van der Waals surface area contributed by atoms with Gasteiger partial charge in [-0.3, -0.25) is 0 Å². The molecule has 1 rings (SSSR count). The largest absolute Gasteiger partial charge is 0.418 e. The van der Waals surface area contributed by atoms with Gasteiger partial charge in [-0.2, -0.15) is 13.2 Å². The van der Waals surface area contributed by atoms with E-state index in [0.29, 0.717) is 12.2 Å². The fraction of sp³-hybridized carbons (Fsp3) is 0.400. The molecule has 1 aromatic rings. The van der Waals surface area contributed by atoms with E-state index < -0.39 is 11.7 Å². The van der Waals surface area contributed by atoms with E-state index >= 15 is 0 Å². The molecule has 1 aromatic carbocycles. The predicted octanol–water partition coefficient (Wildman–Crippen LogP) is 2.74. The number of rotatable bonds is 2. The lowest BCUT2D eigenvalue weighted by atomic mass is 10.1. The van der Waals surface area contributed by atoms with Gasteiger partial charge in [0.1, 0.15) is 0 Å². The molecule has 0 aliphatic carbocycles. The van der Waals surface area contributed by atoms with Crippen LogP contribution in [0.4, 0.5) is 24.5 Å². The first-order valence-corrected chi connectivity index (χ1v) is 4.54. The predicted molar refractivity (Wildman–Crippen MR) is 54.8 cm³/mol. The fourth-order valence-electron chi connectivity index (χ4n) is 1.21. The van der Waals surface area contributed by atoms with Crippen molar-refractivity contribution in [1.29, 1.82) is 0 Å². The monoisotopic (exact) mass is 218 g/mol. The van der Waals surface area contributed by atoms with Gasteiger partial charge in [-0.25, -0.2) is 0 Å². The Morgan fingerprint density at radius 2 is 1.93 bits per heavy atom. The molecule has 5 heteroatoms. The van der Waals surface area contributed by atoms with Crippen molar-refractivity contribution >= 4 is 11.4 Å². The van der Waals surface area contributed by atoms with Crippen molar-refractivity contribution in [2.45, 2.75) is 13.1 Å². The van der Waals surface area contributed by atoms with Crippen molar-refractivity contribution in [2.75, 3.05) is 24.2 Å². The minimum atomic E-state index is -4.39. The molecule has 0 fully saturated rings. The molecule has 0 aromatic heterocycles. The summed E-state index contributed by atoms with van der Waals surface area (Å²) < 4.78 is 37.5. The van der Waals surface area contributed by atoms with Crippen LogP contribution in [0.25, 0.3) is 0 Å². The van der Waals surface area contributed by atoms with E-state index in [1.807, 2.05) is 6.92 Å².